The first kappa shape index (κ1) is 28.0. The Bertz CT molecular complexity index is 1700. The zero-order valence-electron chi connectivity index (χ0n) is 22.5. The second kappa shape index (κ2) is 11.9. The van der Waals surface area contributed by atoms with Crippen molar-refractivity contribution in [2.75, 3.05) is 27.9 Å². The van der Waals surface area contributed by atoms with E-state index < -0.39 is 11.9 Å². The third kappa shape index (κ3) is 5.57. The largest absolute Gasteiger partial charge is 0.493 e. The van der Waals surface area contributed by atoms with E-state index in [1.165, 1.54) is 32.7 Å². The van der Waals surface area contributed by atoms with Gasteiger partial charge in [0.1, 0.15) is 4.88 Å². The lowest BCUT2D eigenvalue weighted by molar-refractivity contribution is -0.129. The zero-order valence-corrected chi connectivity index (χ0v) is 24.1. The molecule has 0 atom stereocenters. The number of halogens is 1. The molecule has 1 aromatic heterocycles. The minimum absolute atomic E-state index is 0.0676. The number of rotatable bonds is 9. The van der Waals surface area contributed by atoms with E-state index in [2.05, 4.69) is 4.99 Å². The molecule has 3 aromatic carbocycles. The van der Waals surface area contributed by atoms with Crippen molar-refractivity contribution in [2.24, 2.45) is 4.99 Å². The maximum atomic E-state index is 13.0. The molecule has 9 nitrogen and oxygen atoms in total. The van der Waals surface area contributed by atoms with E-state index >= 15 is 0 Å². The number of carbonyl (C=O) groups is 2. The maximum Gasteiger partial charge on any atom is 0.363 e. The summed E-state index contributed by atoms with van der Waals surface area (Å²) in [5.74, 6) is 0.553. The Balaban J connectivity index is 1.43. The van der Waals surface area contributed by atoms with Crippen molar-refractivity contribution >= 4 is 56.9 Å². The molecular formula is C30H24ClNO8S. The molecule has 0 saturated carbocycles. The van der Waals surface area contributed by atoms with Crippen molar-refractivity contribution in [2.45, 2.75) is 6.92 Å². The fourth-order valence-corrected chi connectivity index (χ4v) is 5.54. The number of aliphatic imine (C=N–C) groups is 1. The van der Waals surface area contributed by atoms with Gasteiger partial charge in [0.15, 0.2) is 28.7 Å². The Kier molecular flexibility index (Phi) is 8.14. The summed E-state index contributed by atoms with van der Waals surface area (Å²) < 4.78 is 33.8. The Morgan fingerprint density at radius 2 is 1.71 bits per heavy atom. The normalized spacial score (nSPS) is 13.6. The van der Waals surface area contributed by atoms with Crippen LogP contribution in [0, 0.1) is 0 Å². The molecule has 11 heteroatoms. The summed E-state index contributed by atoms with van der Waals surface area (Å²) in [5.41, 5.74) is 1.11. The van der Waals surface area contributed by atoms with Gasteiger partial charge in [0.05, 0.1) is 33.0 Å². The van der Waals surface area contributed by atoms with Crippen molar-refractivity contribution in [3.8, 4) is 28.7 Å². The summed E-state index contributed by atoms with van der Waals surface area (Å²) in [6.45, 7) is 2.13. The first-order valence-electron chi connectivity index (χ1n) is 12.4. The van der Waals surface area contributed by atoms with Crippen LogP contribution in [0.15, 0.2) is 65.3 Å². The SMILES string of the molecule is CCOc1cc(/C=C2/N=C(c3cc(OC)c(OC)c(OC)c3)OC2=O)ccc1OC(=O)c1sc2ccccc2c1Cl. The van der Waals surface area contributed by atoms with Gasteiger partial charge in [0.2, 0.25) is 11.6 Å². The van der Waals surface area contributed by atoms with Crippen molar-refractivity contribution in [1.29, 1.82) is 0 Å². The second-order valence-electron chi connectivity index (χ2n) is 8.52. The lowest BCUT2D eigenvalue weighted by Crippen LogP contribution is -2.08. The molecular weight excluding hydrogens is 570 g/mol. The van der Waals surface area contributed by atoms with Gasteiger partial charge >= 0.3 is 11.9 Å². The minimum Gasteiger partial charge on any atom is -0.493 e. The van der Waals surface area contributed by atoms with Crippen LogP contribution in [0.25, 0.3) is 16.2 Å². The zero-order chi connectivity index (χ0) is 29.1. The molecule has 5 rings (SSSR count). The van der Waals surface area contributed by atoms with Crippen LogP contribution in [0.1, 0.15) is 27.7 Å². The molecule has 0 spiro atoms. The summed E-state index contributed by atoms with van der Waals surface area (Å²) >= 11 is 7.71. The Morgan fingerprint density at radius 3 is 2.37 bits per heavy atom. The van der Waals surface area contributed by atoms with Gasteiger partial charge in [-0.25, -0.2) is 14.6 Å². The molecule has 2 heterocycles. The van der Waals surface area contributed by atoms with Gasteiger partial charge in [0.25, 0.3) is 0 Å². The average Bonchev–Trinajstić information content (AvgIpc) is 3.52. The number of hydrogen-bond acceptors (Lipinski definition) is 10. The molecule has 1 aliphatic heterocycles. The van der Waals surface area contributed by atoms with Crippen molar-refractivity contribution in [3.63, 3.8) is 0 Å². The van der Waals surface area contributed by atoms with Crippen LogP contribution in [0.3, 0.4) is 0 Å². The van der Waals surface area contributed by atoms with E-state index in [9.17, 15) is 9.59 Å². The molecule has 0 bridgehead atoms. The number of thiophene rings is 1. The number of methoxy groups -OCH3 is 3. The van der Waals surface area contributed by atoms with Gasteiger partial charge in [-0.1, -0.05) is 35.9 Å². The van der Waals surface area contributed by atoms with E-state index in [1.807, 2.05) is 31.2 Å². The molecule has 0 unspecified atom stereocenters. The minimum atomic E-state index is -0.637. The predicted octanol–water partition coefficient (Wildman–Crippen LogP) is 6.54. The fourth-order valence-electron chi connectivity index (χ4n) is 4.15. The number of esters is 2. The molecule has 0 saturated heterocycles. The summed E-state index contributed by atoms with van der Waals surface area (Å²) in [6, 6.07) is 15.6. The third-order valence-corrected chi connectivity index (χ3v) is 7.68. The number of fused-ring (bicyclic) bond motifs is 1. The number of nitrogens with zero attached hydrogens (tertiary/aromatic N) is 1. The Hall–Kier alpha value is -4.54. The van der Waals surface area contributed by atoms with Gasteiger partial charge in [0, 0.05) is 15.6 Å². The van der Waals surface area contributed by atoms with Crippen LogP contribution in [0.4, 0.5) is 0 Å². The van der Waals surface area contributed by atoms with Crippen LogP contribution >= 0.6 is 22.9 Å². The van der Waals surface area contributed by atoms with Crippen LogP contribution in [0.5, 0.6) is 28.7 Å². The van der Waals surface area contributed by atoms with Gasteiger partial charge in [-0.15, -0.1) is 11.3 Å². The first-order valence-corrected chi connectivity index (χ1v) is 13.5. The lowest BCUT2D eigenvalue weighted by atomic mass is 10.1. The van der Waals surface area contributed by atoms with Gasteiger partial charge in [-0.3, -0.25) is 0 Å². The molecule has 1 aliphatic rings. The summed E-state index contributed by atoms with van der Waals surface area (Å²) in [4.78, 5) is 30.3. The topological polar surface area (TPSA) is 102 Å². The first-order chi connectivity index (χ1) is 19.9. The quantitative estimate of drug-likeness (QED) is 0.122. The predicted molar refractivity (Wildman–Crippen MR) is 156 cm³/mol. The standard InChI is InChI=1S/C30H24ClNO8S/c1-5-38-21-13-16(10-11-20(21)39-30(34)27-25(31)18-8-6-7-9-24(18)41-27)12-19-29(33)40-28(32-19)17-14-22(35-2)26(37-4)23(15-17)36-3/h6-15H,5H2,1-4H3/b19-12+. The molecule has 0 radical (unpaired) electrons. The van der Waals surface area contributed by atoms with Crippen LogP contribution in [0.2, 0.25) is 5.02 Å². The van der Waals surface area contributed by atoms with Crippen LogP contribution in [-0.2, 0) is 9.53 Å². The molecule has 0 N–H and O–H groups in total. The molecule has 0 amide bonds. The van der Waals surface area contributed by atoms with Gasteiger partial charge in [-0.05, 0) is 48.9 Å². The summed E-state index contributed by atoms with van der Waals surface area (Å²) in [7, 11) is 4.47. The van der Waals surface area contributed by atoms with E-state index in [0.29, 0.717) is 50.6 Å². The molecule has 4 aromatic rings. The monoisotopic (exact) mass is 593 g/mol. The molecule has 41 heavy (non-hydrogen) atoms. The highest BCUT2D eigenvalue weighted by Crippen LogP contribution is 2.40. The van der Waals surface area contributed by atoms with E-state index in [4.69, 9.17) is 40.0 Å². The highest BCUT2D eigenvalue weighted by Gasteiger charge is 2.27. The fraction of sp³-hybridized carbons (Fsp3) is 0.167. The smallest absolute Gasteiger partial charge is 0.363 e. The Morgan fingerprint density at radius 1 is 0.976 bits per heavy atom. The van der Waals surface area contributed by atoms with Gasteiger partial charge < -0.3 is 28.4 Å². The number of hydrogen-bond donors (Lipinski definition) is 0. The summed E-state index contributed by atoms with van der Waals surface area (Å²) in [5, 5.41) is 1.13. The van der Waals surface area contributed by atoms with Crippen molar-refractivity contribution in [3.05, 3.63) is 81.3 Å². The highest BCUT2D eigenvalue weighted by atomic mass is 35.5. The Labute approximate surface area is 244 Å². The second-order valence-corrected chi connectivity index (χ2v) is 9.95. The number of ether oxygens (including phenoxy) is 6. The molecule has 0 fully saturated rings. The third-order valence-electron chi connectivity index (χ3n) is 6.03. The lowest BCUT2D eigenvalue weighted by Gasteiger charge is -2.13. The van der Waals surface area contributed by atoms with Crippen molar-refractivity contribution < 1.29 is 38.0 Å². The van der Waals surface area contributed by atoms with Gasteiger partial charge in [-0.2, -0.15) is 0 Å². The summed E-state index contributed by atoms with van der Waals surface area (Å²) in [6.07, 6.45) is 1.55. The number of carbonyl (C=O) groups excluding carboxylic acids is 2. The van der Waals surface area contributed by atoms with E-state index in [1.54, 1.807) is 36.4 Å². The highest BCUT2D eigenvalue weighted by molar-refractivity contribution is 7.21. The van der Waals surface area contributed by atoms with E-state index in [0.717, 1.165) is 10.1 Å². The van der Waals surface area contributed by atoms with E-state index in [-0.39, 0.29) is 17.3 Å². The maximum absolute atomic E-state index is 13.0. The average molecular weight is 594 g/mol. The van der Waals surface area contributed by atoms with Crippen LogP contribution in [-0.4, -0.2) is 45.8 Å². The van der Waals surface area contributed by atoms with Crippen molar-refractivity contribution in [1.82, 2.24) is 0 Å². The van der Waals surface area contributed by atoms with Crippen LogP contribution < -0.4 is 23.7 Å². The number of benzene rings is 3. The molecule has 210 valence electrons. The molecule has 0 aliphatic carbocycles. The number of cyclic esters (lactones) is 1.